The second kappa shape index (κ2) is 5.29. The molecule has 0 aliphatic carbocycles. The molecular weight excluding hydrogens is 236 g/mol. The topological polar surface area (TPSA) is 42.7 Å². The van der Waals surface area contributed by atoms with Gasteiger partial charge in [-0.05, 0) is 24.6 Å². The maximum absolute atomic E-state index is 5.85. The number of benzene rings is 1. The average Bonchev–Trinajstić information content (AvgIpc) is 2.73. The standard InChI is InChI=1S/C12H15ClN4/c1-9(10-3-5-11(13)6-4-10)14-7-12-8-17(2)16-15-12/h3-6,8-9,14H,7H2,1-2H3/t9-/m1/s1. The van der Waals surface area contributed by atoms with Crippen molar-refractivity contribution in [2.24, 2.45) is 7.05 Å². The molecule has 1 N–H and O–H groups in total. The summed E-state index contributed by atoms with van der Waals surface area (Å²) in [6, 6.07) is 8.11. The number of rotatable bonds is 4. The summed E-state index contributed by atoms with van der Waals surface area (Å²) in [4.78, 5) is 0. The van der Waals surface area contributed by atoms with Crippen LogP contribution >= 0.6 is 11.6 Å². The lowest BCUT2D eigenvalue weighted by atomic mass is 10.1. The molecule has 1 aromatic heterocycles. The zero-order valence-corrected chi connectivity index (χ0v) is 10.6. The number of nitrogens with one attached hydrogen (secondary N) is 1. The van der Waals surface area contributed by atoms with Gasteiger partial charge in [-0.1, -0.05) is 28.9 Å². The molecule has 0 bridgehead atoms. The molecule has 0 fully saturated rings. The lowest BCUT2D eigenvalue weighted by molar-refractivity contribution is 0.567. The first-order valence-electron chi connectivity index (χ1n) is 5.49. The van der Waals surface area contributed by atoms with Gasteiger partial charge in [0.05, 0.1) is 5.69 Å². The molecule has 2 rings (SSSR count). The molecule has 90 valence electrons. The van der Waals surface area contributed by atoms with Gasteiger partial charge < -0.3 is 5.32 Å². The maximum atomic E-state index is 5.85. The second-order valence-electron chi connectivity index (χ2n) is 4.04. The Kier molecular flexibility index (Phi) is 3.76. The van der Waals surface area contributed by atoms with Crippen molar-refractivity contribution in [3.63, 3.8) is 0 Å². The first kappa shape index (κ1) is 12.1. The van der Waals surface area contributed by atoms with E-state index in [1.165, 1.54) is 5.56 Å². The van der Waals surface area contributed by atoms with Crippen LogP contribution in [0, 0.1) is 0 Å². The highest BCUT2D eigenvalue weighted by Gasteiger charge is 2.05. The normalized spacial score (nSPS) is 12.6. The van der Waals surface area contributed by atoms with Crippen LogP contribution in [0.4, 0.5) is 0 Å². The van der Waals surface area contributed by atoms with Crippen LogP contribution in [0.25, 0.3) is 0 Å². The fourth-order valence-electron chi connectivity index (χ4n) is 1.60. The van der Waals surface area contributed by atoms with Crippen molar-refractivity contribution in [1.29, 1.82) is 0 Å². The molecule has 5 heteroatoms. The molecule has 0 saturated heterocycles. The largest absolute Gasteiger partial charge is 0.304 e. The molecule has 1 atom stereocenters. The van der Waals surface area contributed by atoms with Gasteiger partial charge in [0.25, 0.3) is 0 Å². The third-order valence-electron chi connectivity index (χ3n) is 2.61. The third-order valence-corrected chi connectivity index (χ3v) is 2.86. The molecule has 0 unspecified atom stereocenters. The average molecular weight is 251 g/mol. The van der Waals surface area contributed by atoms with Crippen LogP contribution in [-0.2, 0) is 13.6 Å². The van der Waals surface area contributed by atoms with Crippen molar-refractivity contribution >= 4 is 11.6 Å². The van der Waals surface area contributed by atoms with E-state index in [0.717, 1.165) is 10.7 Å². The summed E-state index contributed by atoms with van der Waals surface area (Å²) in [7, 11) is 1.86. The molecule has 1 aromatic carbocycles. The van der Waals surface area contributed by atoms with E-state index in [4.69, 9.17) is 11.6 Å². The van der Waals surface area contributed by atoms with Gasteiger partial charge in [0.1, 0.15) is 0 Å². The predicted octanol–water partition coefficient (Wildman–Crippen LogP) is 2.32. The summed E-state index contributed by atoms with van der Waals surface area (Å²) in [6.07, 6.45) is 1.90. The number of nitrogens with zero attached hydrogens (tertiary/aromatic N) is 3. The van der Waals surface area contributed by atoms with Gasteiger partial charge in [-0.2, -0.15) is 0 Å². The van der Waals surface area contributed by atoms with Crippen LogP contribution in [0.3, 0.4) is 0 Å². The Hall–Kier alpha value is -1.39. The van der Waals surface area contributed by atoms with Crippen molar-refractivity contribution in [2.45, 2.75) is 19.5 Å². The highest BCUT2D eigenvalue weighted by atomic mass is 35.5. The van der Waals surface area contributed by atoms with Crippen LogP contribution in [0.5, 0.6) is 0 Å². The smallest absolute Gasteiger partial charge is 0.0964 e. The van der Waals surface area contributed by atoms with Crippen molar-refractivity contribution in [1.82, 2.24) is 20.3 Å². The first-order chi connectivity index (χ1) is 8.15. The summed E-state index contributed by atoms with van der Waals surface area (Å²) in [5.74, 6) is 0. The summed E-state index contributed by atoms with van der Waals surface area (Å²) >= 11 is 5.85. The molecular formula is C12H15ClN4. The molecule has 0 saturated carbocycles. The number of hydrogen-bond acceptors (Lipinski definition) is 3. The lowest BCUT2D eigenvalue weighted by Gasteiger charge is -2.13. The lowest BCUT2D eigenvalue weighted by Crippen LogP contribution is -2.18. The Labute approximate surface area is 106 Å². The van der Waals surface area contributed by atoms with E-state index in [1.807, 2.05) is 37.5 Å². The van der Waals surface area contributed by atoms with E-state index in [9.17, 15) is 0 Å². The van der Waals surface area contributed by atoms with Crippen molar-refractivity contribution in [3.8, 4) is 0 Å². The van der Waals surface area contributed by atoms with E-state index in [0.29, 0.717) is 6.54 Å². The van der Waals surface area contributed by atoms with E-state index >= 15 is 0 Å². The monoisotopic (exact) mass is 250 g/mol. The fraction of sp³-hybridized carbons (Fsp3) is 0.333. The van der Waals surface area contributed by atoms with Gasteiger partial charge >= 0.3 is 0 Å². The molecule has 0 amide bonds. The zero-order chi connectivity index (χ0) is 12.3. The summed E-state index contributed by atoms with van der Waals surface area (Å²) in [5.41, 5.74) is 2.15. The van der Waals surface area contributed by atoms with Gasteiger partial charge in [0, 0.05) is 30.9 Å². The number of hydrogen-bond donors (Lipinski definition) is 1. The molecule has 4 nitrogen and oxygen atoms in total. The zero-order valence-electron chi connectivity index (χ0n) is 9.89. The van der Waals surface area contributed by atoms with Crippen LogP contribution in [0.15, 0.2) is 30.5 Å². The quantitative estimate of drug-likeness (QED) is 0.906. The SMILES string of the molecule is C[C@@H](NCc1cn(C)nn1)c1ccc(Cl)cc1. The second-order valence-corrected chi connectivity index (χ2v) is 4.47. The van der Waals surface area contributed by atoms with E-state index in [1.54, 1.807) is 4.68 Å². The Morgan fingerprint density at radius 2 is 2.06 bits per heavy atom. The molecule has 0 aliphatic heterocycles. The van der Waals surface area contributed by atoms with Crippen LogP contribution < -0.4 is 5.32 Å². The molecule has 17 heavy (non-hydrogen) atoms. The molecule has 0 radical (unpaired) electrons. The fourth-order valence-corrected chi connectivity index (χ4v) is 1.73. The Balaban J connectivity index is 1.93. The van der Waals surface area contributed by atoms with Gasteiger partial charge in [-0.25, -0.2) is 0 Å². The minimum Gasteiger partial charge on any atom is -0.304 e. The molecule has 0 spiro atoms. The maximum Gasteiger partial charge on any atom is 0.0964 e. The van der Waals surface area contributed by atoms with E-state index in [-0.39, 0.29) is 6.04 Å². The van der Waals surface area contributed by atoms with Crippen LogP contribution in [-0.4, -0.2) is 15.0 Å². The third kappa shape index (κ3) is 3.28. The van der Waals surface area contributed by atoms with Crippen molar-refractivity contribution < 1.29 is 0 Å². The molecule has 0 aliphatic rings. The van der Waals surface area contributed by atoms with Gasteiger partial charge in [-0.3, -0.25) is 4.68 Å². The van der Waals surface area contributed by atoms with Crippen LogP contribution in [0.2, 0.25) is 5.02 Å². The van der Waals surface area contributed by atoms with Crippen LogP contribution in [0.1, 0.15) is 24.2 Å². The van der Waals surface area contributed by atoms with Gasteiger partial charge in [0.2, 0.25) is 0 Å². The number of aromatic nitrogens is 3. The number of aryl methyl sites for hydroxylation is 1. The van der Waals surface area contributed by atoms with Crippen molar-refractivity contribution in [3.05, 3.63) is 46.7 Å². The molecule has 2 aromatic rings. The Morgan fingerprint density at radius 1 is 1.35 bits per heavy atom. The van der Waals surface area contributed by atoms with E-state index < -0.39 is 0 Å². The number of halogens is 1. The molecule has 1 heterocycles. The predicted molar refractivity (Wildman–Crippen MR) is 67.7 cm³/mol. The summed E-state index contributed by atoms with van der Waals surface area (Å²) < 4.78 is 1.70. The first-order valence-corrected chi connectivity index (χ1v) is 5.87. The Bertz CT molecular complexity index is 478. The van der Waals surface area contributed by atoms with Crippen molar-refractivity contribution in [2.75, 3.05) is 0 Å². The highest BCUT2D eigenvalue weighted by molar-refractivity contribution is 6.30. The van der Waals surface area contributed by atoms with Gasteiger partial charge in [-0.15, -0.1) is 5.10 Å². The summed E-state index contributed by atoms with van der Waals surface area (Å²) in [6.45, 7) is 2.82. The summed E-state index contributed by atoms with van der Waals surface area (Å²) in [5, 5.41) is 12.1. The Morgan fingerprint density at radius 3 is 2.65 bits per heavy atom. The van der Waals surface area contributed by atoms with E-state index in [2.05, 4.69) is 22.6 Å². The minimum absolute atomic E-state index is 0.259. The highest BCUT2D eigenvalue weighted by Crippen LogP contribution is 2.16. The minimum atomic E-state index is 0.259. The van der Waals surface area contributed by atoms with Gasteiger partial charge in [0.15, 0.2) is 0 Å².